The van der Waals surface area contributed by atoms with Gasteiger partial charge in [-0.15, -0.1) is 11.8 Å². The van der Waals surface area contributed by atoms with Crippen LogP contribution in [0.5, 0.6) is 0 Å². The molecule has 0 saturated carbocycles. The zero-order valence-corrected chi connectivity index (χ0v) is 11.8. The summed E-state index contributed by atoms with van der Waals surface area (Å²) in [6.45, 7) is 0. The predicted molar refractivity (Wildman–Crippen MR) is 76.0 cm³/mol. The molecule has 2 nitrogen and oxygen atoms in total. The summed E-state index contributed by atoms with van der Waals surface area (Å²) in [6, 6.07) is 8.10. The van der Waals surface area contributed by atoms with Crippen molar-refractivity contribution in [3.8, 4) is 0 Å². The van der Waals surface area contributed by atoms with Crippen LogP contribution in [-0.2, 0) is 12.6 Å². The van der Waals surface area contributed by atoms with Crippen LogP contribution >= 0.6 is 11.8 Å². The van der Waals surface area contributed by atoms with E-state index in [1.165, 1.54) is 18.0 Å². The molecule has 1 aromatic heterocycles. The Morgan fingerprint density at radius 1 is 1.24 bits per heavy atom. The minimum Gasteiger partial charge on any atom is -0.323 e. The maximum Gasteiger partial charge on any atom is 0.416 e. The molecular formula is C15H13F3N2S. The number of nitrogens with zero attached hydrogens (tertiary/aromatic N) is 1. The molecule has 0 fully saturated rings. The maximum atomic E-state index is 13.1. The average Bonchev–Trinajstić information content (AvgIpc) is 2.89. The van der Waals surface area contributed by atoms with Gasteiger partial charge in [-0.1, -0.05) is 18.2 Å². The van der Waals surface area contributed by atoms with Crippen LogP contribution in [0.15, 0.2) is 47.6 Å². The number of thioether (sulfide) groups is 1. The standard InChI is InChI=1S/C15H13F3N2S/c16-15(17,18)11-5-6-20-8-10(11)14(19)13-7-9-3-1-2-4-12(9)21-13/h1-6,8,13-14H,7,19H2. The third-order valence-electron chi connectivity index (χ3n) is 3.59. The highest BCUT2D eigenvalue weighted by molar-refractivity contribution is 8.00. The van der Waals surface area contributed by atoms with Crippen LogP contribution < -0.4 is 5.73 Å². The fourth-order valence-electron chi connectivity index (χ4n) is 2.54. The van der Waals surface area contributed by atoms with Gasteiger partial charge in [0, 0.05) is 34.1 Å². The Kier molecular flexibility index (Phi) is 3.67. The molecule has 0 amide bonds. The van der Waals surface area contributed by atoms with Gasteiger partial charge in [0.2, 0.25) is 0 Å². The number of alkyl halides is 3. The SMILES string of the molecule is NC(c1cnccc1C(F)(F)F)C1Cc2ccccc2S1. The van der Waals surface area contributed by atoms with Crippen LogP contribution in [-0.4, -0.2) is 10.2 Å². The van der Waals surface area contributed by atoms with Crippen molar-refractivity contribution in [1.82, 2.24) is 4.98 Å². The molecule has 21 heavy (non-hydrogen) atoms. The number of hydrogen-bond acceptors (Lipinski definition) is 3. The largest absolute Gasteiger partial charge is 0.416 e. The Hall–Kier alpha value is -1.53. The van der Waals surface area contributed by atoms with Crippen LogP contribution in [0.3, 0.4) is 0 Å². The van der Waals surface area contributed by atoms with E-state index in [-0.39, 0.29) is 10.8 Å². The fraction of sp³-hybridized carbons (Fsp3) is 0.267. The minimum atomic E-state index is -4.41. The van der Waals surface area contributed by atoms with Gasteiger partial charge in [-0.05, 0) is 24.1 Å². The van der Waals surface area contributed by atoms with E-state index < -0.39 is 17.8 Å². The number of aromatic nitrogens is 1. The normalized spacial score (nSPS) is 19.3. The van der Waals surface area contributed by atoms with Crippen LogP contribution in [0.2, 0.25) is 0 Å². The van der Waals surface area contributed by atoms with Gasteiger partial charge in [-0.25, -0.2) is 0 Å². The van der Waals surface area contributed by atoms with Gasteiger partial charge in [-0.2, -0.15) is 13.2 Å². The van der Waals surface area contributed by atoms with Gasteiger partial charge in [-0.3, -0.25) is 4.98 Å². The van der Waals surface area contributed by atoms with Crippen LogP contribution in [0.1, 0.15) is 22.7 Å². The number of fused-ring (bicyclic) bond motifs is 1. The smallest absolute Gasteiger partial charge is 0.323 e. The van der Waals surface area contributed by atoms with E-state index in [0.29, 0.717) is 6.42 Å². The number of pyridine rings is 1. The Morgan fingerprint density at radius 2 is 2.00 bits per heavy atom. The highest BCUT2D eigenvalue weighted by atomic mass is 32.2. The summed E-state index contributed by atoms with van der Waals surface area (Å²) in [7, 11) is 0. The third kappa shape index (κ3) is 2.78. The molecule has 0 saturated heterocycles. The van der Waals surface area contributed by atoms with E-state index in [9.17, 15) is 13.2 Å². The molecule has 0 bridgehead atoms. The van der Waals surface area contributed by atoms with E-state index in [1.807, 2.05) is 24.3 Å². The summed E-state index contributed by atoms with van der Waals surface area (Å²) < 4.78 is 39.2. The van der Waals surface area contributed by atoms with E-state index in [4.69, 9.17) is 5.73 Å². The first-order valence-corrected chi connectivity index (χ1v) is 7.36. The molecule has 3 rings (SSSR count). The lowest BCUT2D eigenvalue weighted by Gasteiger charge is -2.22. The highest BCUT2D eigenvalue weighted by Crippen LogP contribution is 2.43. The topological polar surface area (TPSA) is 38.9 Å². The first-order valence-electron chi connectivity index (χ1n) is 6.48. The van der Waals surface area contributed by atoms with Crippen LogP contribution in [0.4, 0.5) is 13.2 Å². The van der Waals surface area contributed by atoms with E-state index in [1.54, 1.807) is 0 Å². The van der Waals surface area contributed by atoms with Crippen molar-refractivity contribution in [2.45, 2.75) is 28.8 Å². The number of hydrogen-bond donors (Lipinski definition) is 1. The summed E-state index contributed by atoms with van der Waals surface area (Å²) >= 11 is 1.54. The van der Waals surface area contributed by atoms with Crippen molar-refractivity contribution in [3.05, 3.63) is 59.4 Å². The maximum absolute atomic E-state index is 13.1. The van der Waals surface area contributed by atoms with Gasteiger partial charge >= 0.3 is 6.18 Å². The van der Waals surface area contributed by atoms with E-state index >= 15 is 0 Å². The Morgan fingerprint density at radius 3 is 2.71 bits per heavy atom. The zero-order chi connectivity index (χ0) is 15.0. The molecule has 2 aromatic rings. The van der Waals surface area contributed by atoms with E-state index in [2.05, 4.69) is 4.98 Å². The van der Waals surface area contributed by atoms with Gasteiger partial charge in [0.25, 0.3) is 0 Å². The molecule has 0 aliphatic carbocycles. The summed E-state index contributed by atoms with van der Waals surface area (Å²) in [6.07, 6.45) is -1.35. The second-order valence-corrected chi connectivity index (χ2v) is 6.24. The molecule has 2 unspecified atom stereocenters. The Labute approximate surface area is 124 Å². The number of rotatable bonds is 2. The Balaban J connectivity index is 1.90. The molecule has 0 radical (unpaired) electrons. The molecule has 1 aliphatic heterocycles. The first kappa shape index (κ1) is 14.4. The first-order chi connectivity index (χ1) is 9.97. The molecule has 110 valence electrons. The molecule has 1 aromatic carbocycles. The number of benzene rings is 1. The predicted octanol–water partition coefficient (Wildman–Crippen LogP) is 3.82. The quantitative estimate of drug-likeness (QED) is 0.916. The van der Waals surface area contributed by atoms with Crippen molar-refractivity contribution < 1.29 is 13.2 Å². The summed E-state index contributed by atoms with van der Waals surface area (Å²) in [5.74, 6) is 0. The van der Waals surface area contributed by atoms with Gasteiger partial charge in [0.15, 0.2) is 0 Å². The van der Waals surface area contributed by atoms with Crippen molar-refractivity contribution in [3.63, 3.8) is 0 Å². The molecule has 0 spiro atoms. The number of nitrogens with two attached hydrogens (primary N) is 1. The summed E-state index contributed by atoms with van der Waals surface area (Å²) in [5.41, 5.74) is 6.63. The second kappa shape index (κ2) is 5.35. The van der Waals surface area contributed by atoms with Gasteiger partial charge < -0.3 is 5.73 Å². The number of halogens is 3. The lowest BCUT2D eigenvalue weighted by molar-refractivity contribution is -0.138. The summed E-state index contributed by atoms with van der Waals surface area (Å²) in [5, 5.41) is -0.104. The van der Waals surface area contributed by atoms with Crippen molar-refractivity contribution in [2.24, 2.45) is 5.73 Å². The molecule has 6 heteroatoms. The molecular weight excluding hydrogens is 297 g/mol. The third-order valence-corrected chi connectivity index (χ3v) is 5.00. The zero-order valence-electron chi connectivity index (χ0n) is 11.0. The van der Waals surface area contributed by atoms with Crippen LogP contribution in [0.25, 0.3) is 0 Å². The molecule has 2 N–H and O–H groups in total. The average molecular weight is 310 g/mol. The lowest BCUT2D eigenvalue weighted by Crippen LogP contribution is -2.26. The van der Waals surface area contributed by atoms with Crippen molar-refractivity contribution >= 4 is 11.8 Å². The minimum absolute atomic E-state index is 0.0651. The molecule has 1 aliphatic rings. The van der Waals surface area contributed by atoms with Crippen LogP contribution in [0, 0.1) is 0 Å². The summed E-state index contributed by atoms with van der Waals surface area (Å²) in [4.78, 5) is 4.90. The fourth-order valence-corrected chi connectivity index (χ4v) is 3.88. The molecule has 2 atom stereocenters. The van der Waals surface area contributed by atoms with E-state index in [0.717, 1.165) is 22.7 Å². The van der Waals surface area contributed by atoms with Crippen molar-refractivity contribution in [2.75, 3.05) is 0 Å². The highest BCUT2D eigenvalue weighted by Gasteiger charge is 2.37. The lowest BCUT2D eigenvalue weighted by atomic mass is 9.97. The second-order valence-electron chi connectivity index (χ2n) is 4.95. The monoisotopic (exact) mass is 310 g/mol. The van der Waals surface area contributed by atoms with Crippen molar-refractivity contribution in [1.29, 1.82) is 0 Å². The Bertz CT molecular complexity index is 632. The molecule has 2 heterocycles. The van der Waals surface area contributed by atoms with Gasteiger partial charge in [0.05, 0.1) is 5.56 Å². The van der Waals surface area contributed by atoms with Gasteiger partial charge in [0.1, 0.15) is 0 Å².